The second-order valence-electron chi connectivity index (χ2n) is 4.64. The predicted octanol–water partition coefficient (Wildman–Crippen LogP) is 3.90. The minimum Gasteiger partial charge on any atom is -0.379 e. The summed E-state index contributed by atoms with van der Waals surface area (Å²) in [6, 6.07) is 5.79. The Morgan fingerprint density at radius 1 is 1.21 bits per heavy atom. The van der Waals surface area contributed by atoms with Gasteiger partial charge in [0.25, 0.3) is 0 Å². The lowest BCUT2D eigenvalue weighted by molar-refractivity contribution is -0.119. The minimum absolute atomic E-state index is 0.262. The molecule has 0 atom stereocenters. The van der Waals surface area contributed by atoms with Gasteiger partial charge in [-0.1, -0.05) is 22.0 Å². The molecule has 0 aliphatic carbocycles. The molecule has 1 rings (SSSR count). The Balaban J connectivity index is 1.85. The second kappa shape index (κ2) is 15.3. The second-order valence-corrected chi connectivity index (χ2v) is 7.08. The van der Waals surface area contributed by atoms with Crippen molar-refractivity contribution in [2.45, 2.75) is 24.3 Å². The molecule has 0 saturated carbocycles. The first-order valence-electron chi connectivity index (χ1n) is 7.71. The molecule has 0 N–H and O–H groups in total. The number of Topliss-reactive ketones (excluding diaryl/α,β-unsaturated/α-hetero) is 1. The predicted molar refractivity (Wildman–Crippen MR) is 97.1 cm³/mol. The Bertz CT molecular complexity index is 499. The third-order valence-corrected chi connectivity index (χ3v) is 5.03. The van der Waals surface area contributed by atoms with Crippen molar-refractivity contribution in [3.05, 3.63) is 34.8 Å². The number of carbonyl (C=O) groups is 1. The van der Waals surface area contributed by atoms with Crippen molar-refractivity contribution >= 4 is 27.4 Å². The van der Waals surface area contributed by atoms with Gasteiger partial charge in [-0.15, -0.1) is 0 Å². The van der Waals surface area contributed by atoms with Gasteiger partial charge in [0, 0.05) is 42.9 Å². The summed E-state index contributed by atoms with van der Waals surface area (Å²) in [7, 11) is 3.24. The molecule has 1 heterocycles. The number of pyridine rings is 1. The van der Waals surface area contributed by atoms with E-state index in [2.05, 4.69) is 15.0 Å². The molecule has 0 spiro atoms. The summed E-state index contributed by atoms with van der Waals surface area (Å²) in [5.41, 5.74) is 8.08. The van der Waals surface area contributed by atoms with Crippen LogP contribution in [0, 0.1) is 0 Å². The van der Waals surface area contributed by atoms with Gasteiger partial charge in [-0.2, -0.15) is 0 Å². The lowest BCUT2D eigenvalue weighted by atomic mass is 10.2. The monoisotopic (exact) mass is 370 g/mol. The van der Waals surface area contributed by atoms with Crippen molar-refractivity contribution < 1.29 is 14.3 Å². The van der Waals surface area contributed by atoms with Gasteiger partial charge in [0.1, 0.15) is 10.8 Å². The highest BCUT2D eigenvalue weighted by Crippen LogP contribution is 2.29. The minimum atomic E-state index is 0.262. The van der Waals surface area contributed by atoms with Gasteiger partial charge in [0.2, 0.25) is 0 Å². The summed E-state index contributed by atoms with van der Waals surface area (Å²) in [5.74, 6) is 1.05. The average molecular weight is 370 g/mol. The highest BCUT2D eigenvalue weighted by atomic mass is 33.1. The molecule has 24 heavy (non-hydrogen) atoms. The van der Waals surface area contributed by atoms with Crippen LogP contribution in [0.2, 0.25) is 0 Å². The number of azide groups is 1. The molecule has 0 saturated heterocycles. The van der Waals surface area contributed by atoms with Gasteiger partial charge in [0.05, 0.1) is 19.8 Å². The van der Waals surface area contributed by atoms with Crippen molar-refractivity contribution in [1.29, 1.82) is 0 Å². The van der Waals surface area contributed by atoms with Crippen LogP contribution in [0.5, 0.6) is 0 Å². The van der Waals surface area contributed by atoms with Crippen LogP contribution in [-0.4, -0.2) is 49.5 Å². The lowest BCUT2D eigenvalue weighted by Crippen LogP contribution is -2.08. The number of ether oxygens (including phenoxy) is 2. The van der Waals surface area contributed by atoms with E-state index in [0.717, 1.165) is 17.2 Å². The molecule has 132 valence electrons. The van der Waals surface area contributed by atoms with Gasteiger partial charge in [-0.25, -0.2) is 4.98 Å². The number of ketones is 1. The molecule has 0 fully saturated rings. The van der Waals surface area contributed by atoms with Crippen molar-refractivity contribution in [1.82, 2.24) is 4.98 Å². The topological polar surface area (TPSA) is 97.2 Å². The number of rotatable bonds is 15. The molecule has 9 heteroatoms. The highest BCUT2D eigenvalue weighted by Gasteiger charge is 2.03. The van der Waals surface area contributed by atoms with Gasteiger partial charge in [-0.05, 0) is 34.9 Å². The largest absolute Gasteiger partial charge is 0.379 e. The maximum atomic E-state index is 11.7. The summed E-state index contributed by atoms with van der Waals surface area (Å²) in [6.07, 6.45) is 3.62. The standard InChI is InChI=1S/C15H22N4O3S2/c16-19-18-8-10-22-12-11-21-9-3-4-14(20)6-13-23-24-15-5-1-2-7-17-15/h1-2,5,7H,3-4,6,8-13H2. The van der Waals surface area contributed by atoms with Crippen molar-refractivity contribution in [2.24, 2.45) is 5.11 Å². The van der Waals surface area contributed by atoms with Crippen LogP contribution in [0.4, 0.5) is 0 Å². The van der Waals surface area contributed by atoms with Crippen LogP contribution < -0.4 is 0 Å². The van der Waals surface area contributed by atoms with Crippen LogP contribution >= 0.6 is 21.6 Å². The lowest BCUT2D eigenvalue weighted by Gasteiger charge is -2.05. The van der Waals surface area contributed by atoms with E-state index in [4.69, 9.17) is 15.0 Å². The van der Waals surface area contributed by atoms with Crippen LogP contribution in [-0.2, 0) is 14.3 Å². The van der Waals surface area contributed by atoms with Crippen molar-refractivity contribution in [2.75, 3.05) is 38.7 Å². The van der Waals surface area contributed by atoms with Crippen LogP contribution in [0.25, 0.3) is 10.4 Å². The number of carbonyl (C=O) groups excluding carboxylic acids is 1. The van der Waals surface area contributed by atoms with Crippen LogP contribution in [0.1, 0.15) is 19.3 Å². The quantitative estimate of drug-likeness (QED) is 0.153. The summed E-state index contributed by atoms with van der Waals surface area (Å²) < 4.78 is 10.6. The molecule has 1 aromatic rings. The summed E-state index contributed by atoms with van der Waals surface area (Å²) in [6.45, 7) is 2.25. The summed E-state index contributed by atoms with van der Waals surface area (Å²) in [5, 5.41) is 4.32. The van der Waals surface area contributed by atoms with Crippen LogP contribution in [0.15, 0.2) is 34.5 Å². The van der Waals surface area contributed by atoms with E-state index in [-0.39, 0.29) is 5.78 Å². The first-order chi connectivity index (χ1) is 11.8. The summed E-state index contributed by atoms with van der Waals surface area (Å²) >= 11 is 0. The van der Waals surface area contributed by atoms with Crippen LogP contribution in [0.3, 0.4) is 0 Å². The molecule has 7 nitrogen and oxygen atoms in total. The van der Waals surface area contributed by atoms with Gasteiger partial charge in [0.15, 0.2) is 0 Å². The normalized spacial score (nSPS) is 10.3. The van der Waals surface area contributed by atoms with Gasteiger partial charge < -0.3 is 9.47 Å². The zero-order valence-corrected chi connectivity index (χ0v) is 15.1. The Morgan fingerprint density at radius 2 is 2.04 bits per heavy atom. The van der Waals surface area contributed by atoms with Gasteiger partial charge >= 0.3 is 0 Å². The van der Waals surface area contributed by atoms with E-state index in [1.165, 1.54) is 0 Å². The Labute approximate surface area is 149 Å². The fourth-order valence-corrected chi connectivity index (χ4v) is 3.53. The Morgan fingerprint density at radius 3 is 2.79 bits per heavy atom. The number of hydrogen-bond acceptors (Lipinski definition) is 7. The van der Waals surface area contributed by atoms with E-state index < -0.39 is 0 Å². The van der Waals surface area contributed by atoms with Gasteiger partial charge in [-0.3, -0.25) is 4.79 Å². The first kappa shape index (κ1) is 20.8. The SMILES string of the molecule is [N-]=[N+]=NCCOCCOCCCC(=O)CCSSc1ccccn1. The van der Waals surface area contributed by atoms with E-state index in [9.17, 15) is 4.79 Å². The zero-order chi connectivity index (χ0) is 17.3. The molecular weight excluding hydrogens is 348 g/mol. The molecule has 0 unspecified atom stereocenters. The third kappa shape index (κ3) is 12.2. The molecule has 0 aliphatic rings. The average Bonchev–Trinajstić information content (AvgIpc) is 2.61. The molecule has 0 radical (unpaired) electrons. The third-order valence-electron chi connectivity index (χ3n) is 2.76. The fourth-order valence-electron chi connectivity index (χ4n) is 1.62. The van der Waals surface area contributed by atoms with E-state index in [1.807, 2.05) is 18.2 Å². The Hall–Kier alpha value is -1.25. The zero-order valence-electron chi connectivity index (χ0n) is 13.5. The smallest absolute Gasteiger partial charge is 0.133 e. The maximum absolute atomic E-state index is 11.7. The van der Waals surface area contributed by atoms with E-state index in [1.54, 1.807) is 27.8 Å². The van der Waals surface area contributed by atoms with E-state index >= 15 is 0 Å². The highest BCUT2D eigenvalue weighted by molar-refractivity contribution is 8.76. The first-order valence-corrected chi connectivity index (χ1v) is 10.0. The molecule has 1 aromatic heterocycles. The molecule has 0 amide bonds. The van der Waals surface area contributed by atoms with Crippen molar-refractivity contribution in [3.63, 3.8) is 0 Å². The molecule has 0 aromatic carbocycles. The number of aromatic nitrogens is 1. The van der Waals surface area contributed by atoms with E-state index in [0.29, 0.717) is 45.8 Å². The Kier molecular flexibility index (Phi) is 13.2. The summed E-state index contributed by atoms with van der Waals surface area (Å²) in [4.78, 5) is 18.6. The molecular formula is C15H22N4O3S2. The number of nitrogens with zero attached hydrogens (tertiary/aromatic N) is 4. The van der Waals surface area contributed by atoms with Crippen molar-refractivity contribution in [3.8, 4) is 0 Å². The maximum Gasteiger partial charge on any atom is 0.133 e. The molecule has 0 aliphatic heterocycles. The molecule has 0 bridgehead atoms. The fraction of sp³-hybridized carbons (Fsp3) is 0.600. The number of hydrogen-bond donors (Lipinski definition) is 0.